The maximum atomic E-state index is 14.0. The van der Waals surface area contributed by atoms with E-state index in [0.29, 0.717) is 16.7 Å². The number of hydrogen-bond donors (Lipinski definition) is 3. The lowest BCUT2D eigenvalue weighted by Crippen LogP contribution is -2.55. The number of fused-ring (bicyclic) bond motifs is 2. The van der Waals surface area contributed by atoms with E-state index in [4.69, 9.17) is 0 Å². The Hall–Kier alpha value is -2.94. The Balaban J connectivity index is 1.92. The Morgan fingerprint density at radius 2 is 1.93 bits per heavy atom. The minimum atomic E-state index is -4.97. The summed E-state index contributed by atoms with van der Waals surface area (Å²) in [4.78, 5) is 8.37. The van der Waals surface area contributed by atoms with Crippen molar-refractivity contribution in [2.24, 2.45) is 0 Å². The molecule has 4 rings (SSSR count). The van der Waals surface area contributed by atoms with Crippen molar-refractivity contribution in [3.05, 3.63) is 59.3 Å². The molecule has 3 atom stereocenters. The largest absolute Gasteiger partial charge is 0.505 e. The SMILES string of the molecule is Cc1ncc2c(NC3c4ccc(F)c(O)c4[C@H](C)C[C@]3(O)C(F)(F)F)cccc2n1. The Kier molecular flexibility index (Phi) is 4.61. The molecule has 1 aliphatic carbocycles. The van der Waals surface area contributed by atoms with Crippen LogP contribution >= 0.6 is 0 Å². The van der Waals surface area contributed by atoms with Crippen LogP contribution in [0.4, 0.5) is 23.2 Å². The van der Waals surface area contributed by atoms with Gasteiger partial charge in [-0.1, -0.05) is 19.1 Å². The van der Waals surface area contributed by atoms with Gasteiger partial charge in [0.25, 0.3) is 0 Å². The van der Waals surface area contributed by atoms with E-state index in [-0.39, 0.29) is 16.8 Å². The van der Waals surface area contributed by atoms with Crippen molar-refractivity contribution >= 4 is 16.6 Å². The Labute approximate surface area is 169 Å². The van der Waals surface area contributed by atoms with E-state index in [0.717, 1.165) is 6.07 Å². The van der Waals surface area contributed by atoms with Gasteiger partial charge in [-0.15, -0.1) is 0 Å². The average molecular weight is 421 g/mol. The third-order valence-corrected chi connectivity index (χ3v) is 5.64. The van der Waals surface area contributed by atoms with Crippen LogP contribution in [-0.2, 0) is 0 Å². The van der Waals surface area contributed by atoms with Crippen LogP contribution in [0.3, 0.4) is 0 Å². The van der Waals surface area contributed by atoms with Gasteiger partial charge in [-0.25, -0.2) is 14.4 Å². The molecule has 0 aliphatic heterocycles. The fraction of sp³-hybridized carbons (Fsp3) is 0.333. The molecule has 3 N–H and O–H groups in total. The molecule has 0 saturated carbocycles. The van der Waals surface area contributed by atoms with Crippen molar-refractivity contribution < 1.29 is 27.8 Å². The van der Waals surface area contributed by atoms with Gasteiger partial charge in [-0.05, 0) is 43.0 Å². The molecule has 2 aromatic carbocycles. The van der Waals surface area contributed by atoms with Crippen molar-refractivity contribution in [2.75, 3.05) is 5.32 Å². The lowest BCUT2D eigenvalue weighted by molar-refractivity contribution is -0.272. The molecule has 1 unspecified atom stereocenters. The number of hydrogen-bond acceptors (Lipinski definition) is 5. The van der Waals surface area contributed by atoms with E-state index >= 15 is 0 Å². The number of halogens is 4. The van der Waals surface area contributed by atoms with Crippen molar-refractivity contribution in [3.63, 3.8) is 0 Å². The Morgan fingerprint density at radius 1 is 1.20 bits per heavy atom. The monoisotopic (exact) mass is 421 g/mol. The van der Waals surface area contributed by atoms with E-state index in [1.54, 1.807) is 25.1 Å². The zero-order valence-electron chi connectivity index (χ0n) is 16.1. The molecular formula is C21H19F4N3O2. The van der Waals surface area contributed by atoms with Crippen LogP contribution in [0.2, 0.25) is 0 Å². The average Bonchev–Trinajstić information content (AvgIpc) is 2.66. The number of alkyl halides is 3. The number of phenolic OH excluding ortho intramolecular Hbond substituents is 1. The fourth-order valence-electron chi connectivity index (χ4n) is 4.22. The smallest absolute Gasteiger partial charge is 0.419 e. The van der Waals surface area contributed by atoms with E-state index in [1.165, 1.54) is 19.2 Å². The molecule has 5 nitrogen and oxygen atoms in total. The number of anilines is 1. The van der Waals surface area contributed by atoms with E-state index in [1.807, 2.05) is 0 Å². The zero-order valence-corrected chi connectivity index (χ0v) is 16.1. The lowest BCUT2D eigenvalue weighted by Gasteiger charge is -2.45. The van der Waals surface area contributed by atoms with Crippen LogP contribution in [0.5, 0.6) is 5.75 Å². The number of nitrogens with zero attached hydrogens (tertiary/aromatic N) is 2. The summed E-state index contributed by atoms with van der Waals surface area (Å²) in [5.74, 6) is -2.04. The molecule has 1 aromatic heterocycles. The second-order valence-electron chi connectivity index (χ2n) is 7.66. The maximum Gasteiger partial charge on any atom is 0.419 e. The number of aromatic nitrogens is 2. The zero-order chi connectivity index (χ0) is 21.8. The molecule has 1 heterocycles. The fourth-order valence-corrected chi connectivity index (χ4v) is 4.22. The van der Waals surface area contributed by atoms with Gasteiger partial charge in [-0.3, -0.25) is 0 Å². The topological polar surface area (TPSA) is 78.3 Å². The molecular weight excluding hydrogens is 402 g/mol. The lowest BCUT2D eigenvalue weighted by atomic mass is 9.70. The molecule has 0 fully saturated rings. The molecule has 158 valence electrons. The standard InChI is InChI=1S/C21H19F4N3O2/c1-10-8-20(30,21(23,24)25)19(12-6-7-14(22)18(29)17(10)12)28-16-5-3-4-15-13(16)9-26-11(2)27-15/h3-7,9-10,19,28-30H,8H2,1-2H3/t10-,19?,20-/m1/s1. The number of aromatic hydroxyl groups is 1. The highest BCUT2D eigenvalue weighted by atomic mass is 19.4. The maximum absolute atomic E-state index is 14.0. The summed E-state index contributed by atoms with van der Waals surface area (Å²) in [6.45, 7) is 3.11. The molecule has 0 amide bonds. The third-order valence-electron chi connectivity index (χ3n) is 5.64. The van der Waals surface area contributed by atoms with Gasteiger partial charge in [0.15, 0.2) is 17.2 Å². The van der Waals surface area contributed by atoms with Crippen LogP contribution in [0.25, 0.3) is 10.9 Å². The second-order valence-corrected chi connectivity index (χ2v) is 7.66. The Bertz CT molecular complexity index is 1140. The summed E-state index contributed by atoms with van der Waals surface area (Å²) in [5, 5.41) is 24.3. The minimum absolute atomic E-state index is 0.0162. The summed E-state index contributed by atoms with van der Waals surface area (Å²) >= 11 is 0. The predicted octanol–water partition coefficient (Wildman–Crippen LogP) is 4.74. The van der Waals surface area contributed by atoms with Gasteiger partial charge in [0, 0.05) is 22.8 Å². The summed E-state index contributed by atoms with van der Waals surface area (Å²) in [6, 6.07) is 5.26. The molecule has 0 saturated heterocycles. The molecule has 30 heavy (non-hydrogen) atoms. The van der Waals surface area contributed by atoms with Gasteiger partial charge in [0.1, 0.15) is 5.82 Å². The summed E-state index contributed by atoms with van der Waals surface area (Å²) in [7, 11) is 0. The van der Waals surface area contributed by atoms with Crippen LogP contribution in [0.15, 0.2) is 36.5 Å². The van der Waals surface area contributed by atoms with E-state index in [9.17, 15) is 27.8 Å². The first-order valence-corrected chi connectivity index (χ1v) is 9.32. The first-order chi connectivity index (χ1) is 14.0. The van der Waals surface area contributed by atoms with Crippen molar-refractivity contribution in [1.82, 2.24) is 9.97 Å². The van der Waals surface area contributed by atoms with Gasteiger partial charge < -0.3 is 15.5 Å². The van der Waals surface area contributed by atoms with Crippen LogP contribution < -0.4 is 5.32 Å². The molecule has 3 aromatic rings. The van der Waals surface area contributed by atoms with Crippen molar-refractivity contribution in [1.29, 1.82) is 0 Å². The molecule has 0 bridgehead atoms. The molecule has 0 spiro atoms. The molecule has 9 heteroatoms. The summed E-state index contributed by atoms with van der Waals surface area (Å²) in [5.41, 5.74) is -2.30. The number of nitrogens with one attached hydrogen (secondary N) is 1. The van der Waals surface area contributed by atoms with E-state index < -0.39 is 41.7 Å². The number of rotatable bonds is 2. The minimum Gasteiger partial charge on any atom is -0.505 e. The van der Waals surface area contributed by atoms with Crippen molar-refractivity contribution in [2.45, 2.75) is 44.0 Å². The van der Waals surface area contributed by atoms with E-state index in [2.05, 4.69) is 15.3 Å². The summed E-state index contributed by atoms with van der Waals surface area (Å²) < 4.78 is 56.1. The highest BCUT2D eigenvalue weighted by Gasteiger charge is 2.62. The Morgan fingerprint density at radius 3 is 2.63 bits per heavy atom. The first-order valence-electron chi connectivity index (χ1n) is 9.32. The third kappa shape index (κ3) is 3.04. The quantitative estimate of drug-likeness (QED) is 0.521. The van der Waals surface area contributed by atoms with Crippen LogP contribution in [0, 0.1) is 12.7 Å². The van der Waals surface area contributed by atoms with Gasteiger partial charge in [0.2, 0.25) is 0 Å². The van der Waals surface area contributed by atoms with Crippen LogP contribution in [-0.4, -0.2) is 32.0 Å². The summed E-state index contributed by atoms with van der Waals surface area (Å²) in [6.07, 6.45) is -4.22. The van der Waals surface area contributed by atoms with Crippen LogP contribution in [0.1, 0.15) is 42.3 Å². The van der Waals surface area contributed by atoms with Crippen molar-refractivity contribution in [3.8, 4) is 5.75 Å². The first kappa shape index (κ1) is 20.3. The highest BCUT2D eigenvalue weighted by Crippen LogP contribution is 2.54. The predicted molar refractivity (Wildman–Crippen MR) is 103 cm³/mol. The van der Waals surface area contributed by atoms with Gasteiger partial charge >= 0.3 is 6.18 Å². The number of phenols is 1. The number of benzene rings is 2. The number of aliphatic hydroxyl groups is 1. The van der Waals surface area contributed by atoms with Gasteiger partial charge in [-0.2, -0.15) is 13.2 Å². The molecule has 0 radical (unpaired) electrons. The highest BCUT2D eigenvalue weighted by molar-refractivity contribution is 5.91. The molecule has 1 aliphatic rings. The second kappa shape index (κ2) is 6.80. The number of aryl methyl sites for hydroxylation is 1. The normalized spacial score (nSPS) is 24.0. The van der Waals surface area contributed by atoms with Gasteiger partial charge in [0.05, 0.1) is 11.6 Å².